The molecule has 0 heterocycles. The number of esters is 1. The summed E-state index contributed by atoms with van der Waals surface area (Å²) in [5, 5.41) is 3.18. The van der Waals surface area contributed by atoms with Gasteiger partial charge in [-0.3, -0.25) is 4.79 Å². The van der Waals surface area contributed by atoms with Gasteiger partial charge in [0.05, 0.1) is 19.1 Å². The fourth-order valence-electron chi connectivity index (χ4n) is 1.18. The number of carbonyl (C=O) groups is 1. The molecule has 0 aromatic carbocycles. The Kier molecular flexibility index (Phi) is 10.5. The highest BCUT2D eigenvalue weighted by molar-refractivity contribution is 5.72. The van der Waals surface area contributed by atoms with Gasteiger partial charge in [-0.05, 0) is 13.3 Å². The standard InChI is InChI=1S/C12H25NO3/c1-4-6-8-15-9-7-13-10-11(3)12(14)16-5-2/h11,13H,4-10H2,1-3H3. The summed E-state index contributed by atoms with van der Waals surface area (Å²) in [5.74, 6) is -0.225. The molecular formula is C12H25NO3. The Bertz CT molecular complexity index is 174. The summed E-state index contributed by atoms with van der Waals surface area (Å²) < 4.78 is 10.3. The van der Waals surface area contributed by atoms with E-state index in [0.29, 0.717) is 19.8 Å². The van der Waals surface area contributed by atoms with Crippen LogP contribution in [0.25, 0.3) is 0 Å². The predicted molar refractivity (Wildman–Crippen MR) is 64.4 cm³/mol. The Labute approximate surface area is 98.7 Å². The molecule has 96 valence electrons. The SMILES string of the molecule is CCCCOCCNCC(C)C(=O)OCC. The first-order chi connectivity index (χ1) is 7.72. The van der Waals surface area contributed by atoms with Gasteiger partial charge in [0.1, 0.15) is 0 Å². The summed E-state index contributed by atoms with van der Waals surface area (Å²) in [6, 6.07) is 0. The van der Waals surface area contributed by atoms with E-state index < -0.39 is 0 Å². The lowest BCUT2D eigenvalue weighted by Crippen LogP contribution is -2.30. The van der Waals surface area contributed by atoms with Crippen LogP contribution in [0.5, 0.6) is 0 Å². The number of hydrogen-bond donors (Lipinski definition) is 1. The molecule has 1 atom stereocenters. The number of ether oxygens (including phenoxy) is 2. The summed E-state index contributed by atoms with van der Waals surface area (Å²) in [6.07, 6.45) is 2.27. The third-order valence-corrected chi connectivity index (χ3v) is 2.20. The number of nitrogens with one attached hydrogen (secondary N) is 1. The van der Waals surface area contributed by atoms with Crippen LogP contribution in [0.4, 0.5) is 0 Å². The zero-order chi connectivity index (χ0) is 12.2. The molecule has 1 N–H and O–H groups in total. The van der Waals surface area contributed by atoms with E-state index in [9.17, 15) is 4.79 Å². The molecule has 0 bridgehead atoms. The Morgan fingerprint density at radius 1 is 1.31 bits per heavy atom. The van der Waals surface area contributed by atoms with Crippen molar-refractivity contribution in [3.05, 3.63) is 0 Å². The van der Waals surface area contributed by atoms with Crippen molar-refractivity contribution in [1.82, 2.24) is 5.32 Å². The monoisotopic (exact) mass is 231 g/mol. The molecule has 16 heavy (non-hydrogen) atoms. The highest BCUT2D eigenvalue weighted by Gasteiger charge is 2.12. The predicted octanol–water partition coefficient (Wildman–Crippen LogP) is 1.59. The highest BCUT2D eigenvalue weighted by Crippen LogP contribution is 1.96. The quantitative estimate of drug-likeness (QED) is 0.458. The molecule has 0 aromatic heterocycles. The fraction of sp³-hybridized carbons (Fsp3) is 0.917. The molecular weight excluding hydrogens is 206 g/mol. The van der Waals surface area contributed by atoms with Gasteiger partial charge in [-0.25, -0.2) is 0 Å². The van der Waals surface area contributed by atoms with Crippen molar-refractivity contribution in [2.45, 2.75) is 33.6 Å². The van der Waals surface area contributed by atoms with Gasteiger partial charge in [0.25, 0.3) is 0 Å². The van der Waals surface area contributed by atoms with E-state index in [1.165, 1.54) is 0 Å². The molecule has 0 rings (SSSR count). The second-order valence-electron chi connectivity index (χ2n) is 3.82. The van der Waals surface area contributed by atoms with E-state index in [1.54, 1.807) is 0 Å². The van der Waals surface area contributed by atoms with E-state index in [1.807, 2.05) is 13.8 Å². The number of rotatable bonds is 10. The van der Waals surface area contributed by atoms with Crippen LogP contribution < -0.4 is 5.32 Å². The first-order valence-electron chi connectivity index (χ1n) is 6.17. The van der Waals surface area contributed by atoms with Crippen LogP contribution in [0.15, 0.2) is 0 Å². The minimum Gasteiger partial charge on any atom is -0.466 e. The van der Waals surface area contributed by atoms with Crippen molar-refractivity contribution < 1.29 is 14.3 Å². The number of hydrogen-bond acceptors (Lipinski definition) is 4. The lowest BCUT2D eigenvalue weighted by atomic mass is 10.2. The van der Waals surface area contributed by atoms with E-state index in [4.69, 9.17) is 9.47 Å². The lowest BCUT2D eigenvalue weighted by Gasteiger charge is -2.11. The van der Waals surface area contributed by atoms with Crippen molar-refractivity contribution in [2.24, 2.45) is 5.92 Å². The summed E-state index contributed by atoms with van der Waals surface area (Å²) in [7, 11) is 0. The number of unbranched alkanes of at least 4 members (excludes halogenated alkanes) is 1. The number of carbonyl (C=O) groups excluding carboxylic acids is 1. The average Bonchev–Trinajstić information content (AvgIpc) is 2.28. The van der Waals surface area contributed by atoms with Crippen molar-refractivity contribution in [3.8, 4) is 0 Å². The zero-order valence-corrected chi connectivity index (χ0v) is 10.8. The van der Waals surface area contributed by atoms with Crippen LogP contribution in [0.3, 0.4) is 0 Å². The van der Waals surface area contributed by atoms with Crippen LogP contribution in [0.2, 0.25) is 0 Å². The molecule has 0 saturated heterocycles. The van der Waals surface area contributed by atoms with Gasteiger partial charge >= 0.3 is 5.97 Å². The minimum absolute atomic E-state index is 0.0874. The zero-order valence-electron chi connectivity index (χ0n) is 10.8. The van der Waals surface area contributed by atoms with E-state index in [2.05, 4.69) is 12.2 Å². The maximum absolute atomic E-state index is 11.3. The van der Waals surface area contributed by atoms with Gasteiger partial charge in [-0.1, -0.05) is 20.3 Å². The van der Waals surface area contributed by atoms with Crippen molar-refractivity contribution in [1.29, 1.82) is 0 Å². The molecule has 1 unspecified atom stereocenters. The Morgan fingerprint density at radius 3 is 2.69 bits per heavy atom. The largest absolute Gasteiger partial charge is 0.466 e. The third-order valence-electron chi connectivity index (χ3n) is 2.20. The van der Waals surface area contributed by atoms with Crippen molar-refractivity contribution in [3.63, 3.8) is 0 Å². The molecule has 0 fully saturated rings. The minimum atomic E-state index is -0.137. The topological polar surface area (TPSA) is 47.6 Å². The summed E-state index contributed by atoms with van der Waals surface area (Å²) in [6.45, 7) is 9.24. The summed E-state index contributed by atoms with van der Waals surface area (Å²) >= 11 is 0. The highest BCUT2D eigenvalue weighted by atomic mass is 16.5. The fourth-order valence-corrected chi connectivity index (χ4v) is 1.18. The molecule has 0 spiro atoms. The van der Waals surface area contributed by atoms with Crippen LogP contribution in [0.1, 0.15) is 33.6 Å². The third kappa shape index (κ3) is 8.68. The Morgan fingerprint density at radius 2 is 2.06 bits per heavy atom. The van der Waals surface area contributed by atoms with Crippen LogP contribution in [-0.2, 0) is 14.3 Å². The van der Waals surface area contributed by atoms with Crippen molar-refractivity contribution in [2.75, 3.05) is 32.9 Å². The average molecular weight is 231 g/mol. The van der Waals surface area contributed by atoms with Gasteiger partial charge in [0, 0.05) is 19.7 Å². The smallest absolute Gasteiger partial charge is 0.309 e. The summed E-state index contributed by atoms with van der Waals surface area (Å²) in [4.78, 5) is 11.3. The van der Waals surface area contributed by atoms with E-state index in [0.717, 1.165) is 26.0 Å². The van der Waals surface area contributed by atoms with Crippen LogP contribution in [-0.4, -0.2) is 38.9 Å². The molecule has 0 saturated carbocycles. The molecule has 0 aliphatic rings. The molecule has 0 aliphatic carbocycles. The maximum Gasteiger partial charge on any atom is 0.309 e. The Hall–Kier alpha value is -0.610. The van der Waals surface area contributed by atoms with Gasteiger partial charge in [-0.15, -0.1) is 0 Å². The van der Waals surface area contributed by atoms with Gasteiger partial charge in [-0.2, -0.15) is 0 Å². The molecule has 4 nitrogen and oxygen atoms in total. The molecule has 4 heteroatoms. The lowest BCUT2D eigenvalue weighted by molar-refractivity contribution is -0.147. The molecule has 0 amide bonds. The van der Waals surface area contributed by atoms with Crippen LogP contribution >= 0.6 is 0 Å². The molecule has 0 radical (unpaired) electrons. The van der Waals surface area contributed by atoms with Gasteiger partial charge in [0.15, 0.2) is 0 Å². The first-order valence-corrected chi connectivity index (χ1v) is 6.17. The second-order valence-corrected chi connectivity index (χ2v) is 3.82. The Balaban J connectivity index is 3.27. The van der Waals surface area contributed by atoms with Gasteiger partial charge < -0.3 is 14.8 Å². The van der Waals surface area contributed by atoms with Gasteiger partial charge in [0.2, 0.25) is 0 Å². The molecule has 0 aliphatic heterocycles. The molecule has 0 aromatic rings. The van der Waals surface area contributed by atoms with E-state index in [-0.39, 0.29) is 11.9 Å². The normalized spacial score (nSPS) is 12.4. The van der Waals surface area contributed by atoms with E-state index >= 15 is 0 Å². The van der Waals surface area contributed by atoms with Crippen LogP contribution in [0, 0.1) is 5.92 Å². The first kappa shape index (κ1) is 15.4. The second kappa shape index (κ2) is 10.9. The van der Waals surface area contributed by atoms with Crippen molar-refractivity contribution >= 4 is 5.97 Å². The summed E-state index contributed by atoms with van der Waals surface area (Å²) in [5.41, 5.74) is 0. The maximum atomic E-state index is 11.3.